The van der Waals surface area contributed by atoms with Crippen molar-refractivity contribution in [3.05, 3.63) is 45.9 Å². The van der Waals surface area contributed by atoms with Crippen molar-refractivity contribution < 1.29 is 22.3 Å². The smallest absolute Gasteiger partial charge is 0.243 e. The SMILES string of the molecule is O=S(=O)(NCc1cncs1)c1ccc(F)c(CO)c1F. The Morgan fingerprint density at radius 1 is 1.35 bits per heavy atom. The summed E-state index contributed by atoms with van der Waals surface area (Å²) in [5, 5.41) is 8.87. The summed E-state index contributed by atoms with van der Waals surface area (Å²) in [5.74, 6) is -2.28. The molecule has 0 aliphatic carbocycles. The summed E-state index contributed by atoms with van der Waals surface area (Å²) in [6, 6.07) is 1.62. The van der Waals surface area contributed by atoms with Gasteiger partial charge in [0, 0.05) is 17.6 Å². The van der Waals surface area contributed by atoms with Crippen LogP contribution in [-0.2, 0) is 23.2 Å². The van der Waals surface area contributed by atoms with E-state index in [2.05, 4.69) is 9.71 Å². The van der Waals surface area contributed by atoms with Gasteiger partial charge in [-0.2, -0.15) is 0 Å². The van der Waals surface area contributed by atoms with Gasteiger partial charge in [-0.3, -0.25) is 4.98 Å². The number of nitrogens with one attached hydrogen (secondary N) is 1. The highest BCUT2D eigenvalue weighted by molar-refractivity contribution is 7.89. The van der Waals surface area contributed by atoms with Crippen molar-refractivity contribution in [3.8, 4) is 0 Å². The van der Waals surface area contributed by atoms with Gasteiger partial charge < -0.3 is 5.11 Å². The molecule has 5 nitrogen and oxygen atoms in total. The van der Waals surface area contributed by atoms with Crippen LogP contribution in [0.4, 0.5) is 8.78 Å². The molecule has 0 saturated heterocycles. The molecule has 2 aromatic rings. The number of aromatic nitrogens is 1. The van der Waals surface area contributed by atoms with Gasteiger partial charge in [0.2, 0.25) is 10.0 Å². The largest absolute Gasteiger partial charge is 0.391 e. The number of sulfonamides is 1. The minimum absolute atomic E-state index is 0.0434. The number of hydrogen-bond donors (Lipinski definition) is 2. The predicted octanol–water partition coefficient (Wildman–Crippen LogP) is 1.39. The van der Waals surface area contributed by atoms with Crippen LogP contribution in [0, 0.1) is 11.6 Å². The van der Waals surface area contributed by atoms with Crippen LogP contribution >= 0.6 is 11.3 Å². The van der Waals surface area contributed by atoms with E-state index < -0.39 is 38.7 Å². The minimum Gasteiger partial charge on any atom is -0.391 e. The van der Waals surface area contributed by atoms with Crippen LogP contribution < -0.4 is 4.72 Å². The number of thiazole rings is 1. The van der Waals surface area contributed by atoms with Gasteiger partial charge in [0.25, 0.3) is 0 Å². The molecule has 20 heavy (non-hydrogen) atoms. The summed E-state index contributed by atoms with van der Waals surface area (Å²) in [4.78, 5) is 3.73. The molecule has 2 N–H and O–H groups in total. The molecule has 2 rings (SSSR count). The first-order valence-corrected chi connectivity index (χ1v) is 7.76. The molecule has 0 bridgehead atoms. The first-order valence-electron chi connectivity index (χ1n) is 5.40. The molecule has 0 fully saturated rings. The molecule has 1 aromatic heterocycles. The number of nitrogens with zero attached hydrogens (tertiary/aromatic N) is 1. The molecule has 0 amide bonds. The summed E-state index contributed by atoms with van der Waals surface area (Å²) in [5.41, 5.74) is 0.858. The third-order valence-corrected chi connectivity index (χ3v) is 4.72. The van der Waals surface area contributed by atoms with Gasteiger partial charge in [-0.05, 0) is 12.1 Å². The average Bonchev–Trinajstić information content (AvgIpc) is 2.90. The maximum Gasteiger partial charge on any atom is 0.243 e. The second-order valence-corrected chi connectivity index (χ2v) is 6.49. The summed E-state index contributed by atoms with van der Waals surface area (Å²) < 4.78 is 53.2. The molecule has 1 aromatic carbocycles. The summed E-state index contributed by atoms with van der Waals surface area (Å²) in [7, 11) is -4.14. The number of rotatable bonds is 5. The lowest BCUT2D eigenvalue weighted by molar-refractivity contribution is 0.267. The molecule has 0 spiro atoms. The Morgan fingerprint density at radius 2 is 2.10 bits per heavy atom. The minimum atomic E-state index is -4.14. The van der Waals surface area contributed by atoms with Gasteiger partial charge in [0.15, 0.2) is 5.82 Å². The van der Waals surface area contributed by atoms with E-state index in [9.17, 15) is 17.2 Å². The van der Waals surface area contributed by atoms with Gasteiger partial charge in [0.05, 0.1) is 17.7 Å². The number of aliphatic hydroxyl groups is 1. The molecule has 0 unspecified atom stereocenters. The molecule has 9 heteroatoms. The zero-order chi connectivity index (χ0) is 14.8. The second-order valence-electron chi connectivity index (χ2n) is 3.79. The quantitative estimate of drug-likeness (QED) is 0.872. The van der Waals surface area contributed by atoms with Crippen LogP contribution in [-0.4, -0.2) is 18.5 Å². The predicted molar refractivity (Wildman–Crippen MR) is 68.4 cm³/mol. The fourth-order valence-electron chi connectivity index (χ4n) is 1.50. The lowest BCUT2D eigenvalue weighted by Crippen LogP contribution is -2.24. The van der Waals surface area contributed by atoms with Crippen molar-refractivity contribution in [2.75, 3.05) is 0 Å². The molecule has 1 heterocycles. The van der Waals surface area contributed by atoms with Crippen molar-refractivity contribution in [2.45, 2.75) is 18.0 Å². The molecule has 108 valence electrons. The van der Waals surface area contributed by atoms with E-state index in [1.807, 2.05) is 0 Å². The van der Waals surface area contributed by atoms with Crippen molar-refractivity contribution in [1.29, 1.82) is 0 Å². The normalized spacial score (nSPS) is 11.8. The highest BCUT2D eigenvalue weighted by Gasteiger charge is 2.23. The Labute approximate surface area is 118 Å². The van der Waals surface area contributed by atoms with Gasteiger partial charge in [-0.1, -0.05) is 0 Å². The molecule has 0 radical (unpaired) electrons. The Hall–Kier alpha value is -1.42. The van der Waals surface area contributed by atoms with Crippen molar-refractivity contribution in [3.63, 3.8) is 0 Å². The number of hydrogen-bond acceptors (Lipinski definition) is 5. The first-order chi connectivity index (χ1) is 9.45. The van der Waals surface area contributed by atoms with Gasteiger partial charge >= 0.3 is 0 Å². The van der Waals surface area contributed by atoms with Gasteiger partial charge in [0.1, 0.15) is 10.7 Å². The third-order valence-electron chi connectivity index (χ3n) is 2.52. The lowest BCUT2D eigenvalue weighted by atomic mass is 10.2. The standard InChI is InChI=1S/C11H10F2N2O3S2/c12-9-1-2-10(11(13)8(9)5-16)20(17,18)15-4-7-3-14-6-19-7/h1-3,6,15-16H,4-5H2. The molecule has 0 atom stereocenters. The third kappa shape index (κ3) is 3.01. The van der Waals surface area contributed by atoms with E-state index in [0.29, 0.717) is 4.88 Å². The highest BCUT2D eigenvalue weighted by atomic mass is 32.2. The van der Waals surface area contributed by atoms with Gasteiger partial charge in [-0.25, -0.2) is 21.9 Å². The lowest BCUT2D eigenvalue weighted by Gasteiger charge is -2.09. The molecule has 0 saturated carbocycles. The topological polar surface area (TPSA) is 79.3 Å². The fraction of sp³-hybridized carbons (Fsp3) is 0.182. The monoisotopic (exact) mass is 320 g/mol. The van der Waals surface area contributed by atoms with Crippen LogP contribution in [0.2, 0.25) is 0 Å². The maximum absolute atomic E-state index is 13.9. The van der Waals surface area contributed by atoms with E-state index in [1.54, 1.807) is 0 Å². The van der Waals surface area contributed by atoms with Crippen LogP contribution in [0.15, 0.2) is 28.7 Å². The maximum atomic E-state index is 13.9. The number of halogens is 2. The Kier molecular flexibility index (Phi) is 4.43. The summed E-state index contributed by atoms with van der Waals surface area (Å²) >= 11 is 1.24. The van der Waals surface area contributed by atoms with Crippen molar-refractivity contribution >= 4 is 21.4 Å². The van der Waals surface area contributed by atoms with Crippen LogP contribution in [0.5, 0.6) is 0 Å². The molecular weight excluding hydrogens is 310 g/mol. The molecular formula is C11H10F2N2O3S2. The van der Waals surface area contributed by atoms with Crippen LogP contribution in [0.1, 0.15) is 10.4 Å². The fourth-order valence-corrected chi connectivity index (χ4v) is 3.24. The number of aliphatic hydroxyl groups excluding tert-OH is 1. The van der Waals surface area contributed by atoms with Crippen molar-refractivity contribution in [2.24, 2.45) is 0 Å². The zero-order valence-electron chi connectivity index (χ0n) is 10.0. The average molecular weight is 320 g/mol. The van der Waals surface area contributed by atoms with E-state index in [0.717, 1.165) is 12.1 Å². The van der Waals surface area contributed by atoms with E-state index >= 15 is 0 Å². The summed E-state index contributed by atoms with van der Waals surface area (Å²) in [6.45, 7) is -0.964. The Morgan fingerprint density at radius 3 is 2.70 bits per heavy atom. The Balaban J connectivity index is 2.30. The van der Waals surface area contributed by atoms with E-state index in [4.69, 9.17) is 5.11 Å². The highest BCUT2D eigenvalue weighted by Crippen LogP contribution is 2.21. The van der Waals surface area contributed by atoms with E-state index in [1.165, 1.54) is 23.0 Å². The van der Waals surface area contributed by atoms with Crippen LogP contribution in [0.3, 0.4) is 0 Å². The first kappa shape index (κ1) is 15.0. The summed E-state index contributed by atoms with van der Waals surface area (Å²) in [6.07, 6.45) is 1.48. The second kappa shape index (κ2) is 5.92. The zero-order valence-corrected chi connectivity index (χ0v) is 11.6. The number of benzene rings is 1. The van der Waals surface area contributed by atoms with Crippen molar-refractivity contribution in [1.82, 2.24) is 9.71 Å². The van der Waals surface area contributed by atoms with Crippen LogP contribution in [0.25, 0.3) is 0 Å². The molecule has 0 aliphatic rings. The van der Waals surface area contributed by atoms with E-state index in [-0.39, 0.29) is 6.54 Å². The van der Waals surface area contributed by atoms with Gasteiger partial charge in [-0.15, -0.1) is 11.3 Å². The Bertz CT molecular complexity index is 703. The molecule has 0 aliphatic heterocycles.